The maximum Gasteiger partial charge on any atom is 0.187 e. The van der Waals surface area contributed by atoms with Crippen LogP contribution < -0.4 is 5.48 Å². The molecule has 0 aliphatic heterocycles. The molecule has 0 amide bonds. The Bertz CT molecular complexity index is 673. The summed E-state index contributed by atoms with van der Waals surface area (Å²) in [7, 11) is 0.962. The Hall–Kier alpha value is -1.96. The molecule has 0 saturated heterocycles. The lowest BCUT2D eigenvalue weighted by atomic mass is 10.1. The van der Waals surface area contributed by atoms with Gasteiger partial charge in [0.15, 0.2) is 29.1 Å². The van der Waals surface area contributed by atoms with Crippen LogP contribution in [0, 0.1) is 34.9 Å². The molecule has 0 unspecified atom stereocenters. The minimum atomic E-state index is -1.85. The average Bonchev–Trinajstić information content (AvgIpc) is 2.36. The van der Waals surface area contributed by atoms with Crippen LogP contribution in [-0.2, 0) is 4.84 Å². The topological polar surface area (TPSA) is 21.3 Å². The maximum atomic E-state index is 13.8. The summed E-state index contributed by atoms with van der Waals surface area (Å²) in [6, 6.07) is 0.00303. The van der Waals surface area contributed by atoms with Gasteiger partial charge in [-0.25, -0.2) is 26.3 Å². The summed E-state index contributed by atoms with van der Waals surface area (Å²) in [6.07, 6.45) is 0. The van der Waals surface area contributed by atoms with Crippen LogP contribution in [-0.4, -0.2) is 7.11 Å². The summed E-state index contributed by atoms with van der Waals surface area (Å²) in [5, 5.41) is -2.65. The molecule has 2 aromatic rings. The second-order valence-electron chi connectivity index (χ2n) is 3.53. The van der Waals surface area contributed by atoms with Crippen LogP contribution in [0.4, 0.5) is 32.0 Å². The molecule has 0 radical (unpaired) electrons. The molecule has 0 spiro atoms. The van der Waals surface area contributed by atoms with Crippen LogP contribution >= 0.6 is 0 Å². The Labute approximate surface area is 102 Å². The molecule has 0 aliphatic rings. The fraction of sp³-hybridized carbons (Fsp3) is 0.0909. The van der Waals surface area contributed by atoms with Crippen molar-refractivity contribution in [3.05, 3.63) is 41.0 Å². The van der Waals surface area contributed by atoms with Gasteiger partial charge in [-0.05, 0) is 0 Å². The number of fused-ring (bicyclic) bond motifs is 1. The smallest absolute Gasteiger partial charge is 0.187 e. The third-order valence-electron chi connectivity index (χ3n) is 2.45. The van der Waals surface area contributed by atoms with E-state index >= 15 is 0 Å². The first kappa shape index (κ1) is 13.5. The molecule has 0 saturated carbocycles. The number of halogens is 6. The fourth-order valence-corrected chi connectivity index (χ4v) is 1.65. The van der Waals surface area contributed by atoms with Crippen LogP contribution in [0.1, 0.15) is 0 Å². The van der Waals surface area contributed by atoms with Crippen molar-refractivity contribution in [2.45, 2.75) is 0 Å². The third-order valence-corrected chi connectivity index (χ3v) is 2.45. The van der Waals surface area contributed by atoms with E-state index in [2.05, 4.69) is 4.84 Å². The van der Waals surface area contributed by atoms with E-state index in [1.54, 1.807) is 5.48 Å². The van der Waals surface area contributed by atoms with Gasteiger partial charge in [-0.1, -0.05) is 0 Å². The van der Waals surface area contributed by atoms with Crippen LogP contribution in [0.5, 0.6) is 0 Å². The summed E-state index contributed by atoms with van der Waals surface area (Å²) in [6.45, 7) is 0. The Kier molecular flexibility index (Phi) is 3.27. The minimum absolute atomic E-state index is 0.00303. The summed E-state index contributed by atoms with van der Waals surface area (Å²) in [5.74, 6) is -10.5. The zero-order chi connectivity index (χ0) is 14.3. The predicted molar refractivity (Wildman–Crippen MR) is 54.3 cm³/mol. The molecule has 2 aromatic carbocycles. The molecule has 2 rings (SSSR count). The highest BCUT2D eigenvalue weighted by atomic mass is 19.2. The number of hydrogen-bond acceptors (Lipinski definition) is 2. The van der Waals surface area contributed by atoms with Crippen LogP contribution in [0.3, 0.4) is 0 Å². The van der Waals surface area contributed by atoms with Gasteiger partial charge in [0, 0.05) is 6.07 Å². The number of hydrogen-bond donors (Lipinski definition) is 1. The normalized spacial score (nSPS) is 11.1. The molecule has 0 atom stereocenters. The van der Waals surface area contributed by atoms with E-state index in [1.807, 2.05) is 0 Å². The first-order valence-corrected chi connectivity index (χ1v) is 4.82. The lowest BCUT2D eigenvalue weighted by Gasteiger charge is -2.11. The van der Waals surface area contributed by atoms with Gasteiger partial charge < -0.3 is 0 Å². The van der Waals surface area contributed by atoms with E-state index in [4.69, 9.17) is 0 Å². The zero-order valence-electron chi connectivity index (χ0n) is 9.25. The van der Waals surface area contributed by atoms with Gasteiger partial charge in [-0.2, -0.15) is 0 Å². The molecule has 102 valence electrons. The van der Waals surface area contributed by atoms with Crippen molar-refractivity contribution in [1.29, 1.82) is 0 Å². The van der Waals surface area contributed by atoms with Gasteiger partial charge in [0.2, 0.25) is 0 Å². The largest absolute Gasteiger partial charge is 0.279 e. The van der Waals surface area contributed by atoms with Gasteiger partial charge in [0.05, 0.1) is 17.9 Å². The molecule has 0 aliphatic carbocycles. The Morgan fingerprint density at radius 2 is 1.42 bits per heavy atom. The fourth-order valence-electron chi connectivity index (χ4n) is 1.65. The van der Waals surface area contributed by atoms with Gasteiger partial charge in [-0.15, -0.1) is 0 Å². The molecule has 2 nitrogen and oxygen atoms in total. The highest BCUT2D eigenvalue weighted by Crippen LogP contribution is 2.35. The van der Waals surface area contributed by atoms with Crippen molar-refractivity contribution in [2.75, 3.05) is 12.6 Å². The number of rotatable bonds is 2. The zero-order valence-corrected chi connectivity index (χ0v) is 9.25. The minimum Gasteiger partial charge on any atom is -0.279 e. The molecular formula is C11H5F6NO. The highest BCUT2D eigenvalue weighted by molar-refractivity contribution is 5.88. The molecule has 19 heavy (non-hydrogen) atoms. The maximum absolute atomic E-state index is 13.8. The average molecular weight is 281 g/mol. The second kappa shape index (κ2) is 4.61. The molecule has 0 fully saturated rings. The Morgan fingerprint density at radius 3 is 2.00 bits per heavy atom. The van der Waals surface area contributed by atoms with Crippen molar-refractivity contribution in [3.63, 3.8) is 0 Å². The van der Waals surface area contributed by atoms with Crippen molar-refractivity contribution in [3.8, 4) is 0 Å². The van der Waals surface area contributed by atoms with Gasteiger partial charge >= 0.3 is 0 Å². The number of benzene rings is 2. The van der Waals surface area contributed by atoms with Gasteiger partial charge in [0.25, 0.3) is 0 Å². The van der Waals surface area contributed by atoms with Crippen molar-refractivity contribution < 1.29 is 31.2 Å². The van der Waals surface area contributed by atoms with Crippen molar-refractivity contribution in [1.82, 2.24) is 0 Å². The first-order chi connectivity index (χ1) is 8.90. The van der Waals surface area contributed by atoms with Crippen LogP contribution in [0.15, 0.2) is 6.07 Å². The van der Waals surface area contributed by atoms with Gasteiger partial charge in [-0.3, -0.25) is 10.3 Å². The second-order valence-corrected chi connectivity index (χ2v) is 3.53. The van der Waals surface area contributed by atoms with Gasteiger partial charge in [0.1, 0.15) is 11.5 Å². The van der Waals surface area contributed by atoms with Crippen molar-refractivity contribution in [2.24, 2.45) is 0 Å². The molecule has 8 heteroatoms. The standard InChI is InChI=1S/C11H5F6NO/c1-19-18-11-9(16)6-5(8(15)10(11)17)3(12)2-4(13)7(6)14/h2,18H,1H3. The summed E-state index contributed by atoms with van der Waals surface area (Å²) < 4.78 is 80.6. The van der Waals surface area contributed by atoms with E-state index in [0.717, 1.165) is 7.11 Å². The molecular weight excluding hydrogens is 276 g/mol. The first-order valence-electron chi connectivity index (χ1n) is 4.82. The summed E-state index contributed by atoms with van der Waals surface area (Å²) in [5.41, 5.74) is 0.458. The molecule has 0 heterocycles. The number of nitrogens with one attached hydrogen (secondary N) is 1. The molecule has 0 bridgehead atoms. The lowest BCUT2D eigenvalue weighted by Crippen LogP contribution is -2.07. The van der Waals surface area contributed by atoms with E-state index < -0.39 is 51.4 Å². The quantitative estimate of drug-likeness (QED) is 0.515. The predicted octanol–water partition coefficient (Wildman–Crippen LogP) is 3.65. The molecule has 1 N–H and O–H groups in total. The highest BCUT2D eigenvalue weighted by Gasteiger charge is 2.27. The summed E-state index contributed by atoms with van der Waals surface area (Å²) >= 11 is 0. The van der Waals surface area contributed by atoms with Crippen LogP contribution in [0.2, 0.25) is 0 Å². The third kappa shape index (κ3) is 1.88. The van der Waals surface area contributed by atoms with E-state index in [9.17, 15) is 26.3 Å². The lowest BCUT2D eigenvalue weighted by molar-refractivity contribution is 0.265. The van der Waals surface area contributed by atoms with Crippen LogP contribution in [0.25, 0.3) is 10.8 Å². The SMILES string of the molecule is CONc1c(F)c(F)c2c(F)cc(F)c(F)c2c1F. The number of anilines is 1. The molecule has 0 aromatic heterocycles. The van der Waals surface area contributed by atoms with Crippen molar-refractivity contribution >= 4 is 16.5 Å². The Balaban J connectivity index is 3.03. The Morgan fingerprint density at radius 1 is 0.789 bits per heavy atom. The van der Waals surface area contributed by atoms with E-state index in [1.165, 1.54) is 0 Å². The monoisotopic (exact) mass is 281 g/mol. The van der Waals surface area contributed by atoms with E-state index in [0.29, 0.717) is 0 Å². The summed E-state index contributed by atoms with van der Waals surface area (Å²) in [4.78, 5) is 4.19. The van der Waals surface area contributed by atoms with E-state index in [-0.39, 0.29) is 6.07 Å².